The molecule has 0 unspecified atom stereocenters. The molecule has 0 aromatic heterocycles. The number of hydrazone groups is 1. The molecular formula is C16H23F6N5O2. The molecule has 0 saturated carbocycles. The number of benzene rings is 1. The molecule has 0 aliphatic carbocycles. The topological polar surface area (TPSA) is 115 Å². The van der Waals surface area contributed by atoms with Crippen LogP contribution >= 0.6 is 0 Å². The van der Waals surface area contributed by atoms with Gasteiger partial charge in [-0.1, -0.05) is 12.1 Å². The summed E-state index contributed by atoms with van der Waals surface area (Å²) in [5.41, 5.74) is 0.726. The predicted octanol–water partition coefficient (Wildman–Crippen LogP) is 3.42. The highest BCUT2D eigenvalue weighted by atomic mass is 19.4. The Morgan fingerprint density at radius 1 is 1.07 bits per heavy atom. The number of amides is 1. The Balaban J connectivity index is 0.00000178. The maximum absolute atomic E-state index is 13.2. The fourth-order valence-corrected chi connectivity index (χ4v) is 2.10. The van der Waals surface area contributed by atoms with Gasteiger partial charge in [-0.25, -0.2) is 16.2 Å². The Bertz CT molecular complexity index is 654. The van der Waals surface area contributed by atoms with E-state index in [-0.39, 0.29) is 5.69 Å². The summed E-state index contributed by atoms with van der Waals surface area (Å²) in [5.74, 6) is 4.55. The second-order valence-electron chi connectivity index (χ2n) is 6.60. The van der Waals surface area contributed by atoms with E-state index in [2.05, 4.69) is 23.0 Å². The van der Waals surface area contributed by atoms with Crippen LogP contribution in [0.5, 0.6) is 0 Å². The van der Waals surface area contributed by atoms with Gasteiger partial charge in [-0.15, -0.1) is 0 Å². The van der Waals surface area contributed by atoms with Crippen LogP contribution in [0.4, 0.5) is 36.8 Å². The lowest BCUT2D eigenvalue weighted by Crippen LogP contribution is -2.58. The number of carbonyl (C=O) groups excluding carboxylic acids is 1. The average Bonchev–Trinajstić information content (AvgIpc) is 2.53. The highest BCUT2D eigenvalue weighted by Gasteiger charge is 2.70. The van der Waals surface area contributed by atoms with Crippen LogP contribution in [0.25, 0.3) is 0 Å². The zero-order valence-corrected chi connectivity index (χ0v) is 15.9. The molecule has 6 N–H and O–H groups in total. The predicted molar refractivity (Wildman–Crippen MR) is 96.0 cm³/mol. The molecule has 1 aromatic carbocycles. The van der Waals surface area contributed by atoms with Gasteiger partial charge in [0.05, 0.1) is 0 Å². The normalized spacial score (nSPS) is 12.4. The van der Waals surface area contributed by atoms with Gasteiger partial charge in [-0.05, 0) is 38.5 Å². The van der Waals surface area contributed by atoms with Crippen LogP contribution < -0.4 is 22.4 Å². The van der Waals surface area contributed by atoms with Gasteiger partial charge in [0.15, 0.2) is 5.41 Å². The largest absolute Gasteiger partial charge is 0.444 e. The van der Waals surface area contributed by atoms with Crippen molar-refractivity contribution in [2.24, 2.45) is 16.7 Å². The molecule has 1 rings (SSSR count). The third kappa shape index (κ3) is 7.09. The van der Waals surface area contributed by atoms with Gasteiger partial charge >= 0.3 is 18.4 Å². The molecule has 0 fully saturated rings. The molecule has 0 aliphatic rings. The average molecular weight is 431 g/mol. The Morgan fingerprint density at radius 3 is 1.76 bits per heavy atom. The summed E-state index contributed by atoms with van der Waals surface area (Å²) >= 11 is 0. The van der Waals surface area contributed by atoms with Gasteiger partial charge in [-0.2, -0.15) is 31.4 Å². The molecule has 29 heavy (non-hydrogen) atoms. The number of nitrogens with one attached hydrogen (secondary N) is 2. The quantitative estimate of drug-likeness (QED) is 0.252. The van der Waals surface area contributed by atoms with Crippen LogP contribution in [-0.4, -0.2) is 37.3 Å². The summed E-state index contributed by atoms with van der Waals surface area (Å²) in [6, 6.07) is 3.09. The van der Waals surface area contributed by atoms with Crippen LogP contribution in [0, 0.1) is 0 Å². The maximum Gasteiger partial charge on any atom is 0.412 e. The Labute approximate surface area is 163 Å². The van der Waals surface area contributed by atoms with Crippen molar-refractivity contribution in [2.45, 2.75) is 44.1 Å². The lowest BCUT2D eigenvalue weighted by atomic mass is 9.79. The highest BCUT2D eigenvalue weighted by molar-refractivity contribution is 5.84. The van der Waals surface area contributed by atoms with Crippen molar-refractivity contribution in [2.75, 3.05) is 11.9 Å². The third-order valence-corrected chi connectivity index (χ3v) is 3.39. The minimum Gasteiger partial charge on any atom is -0.444 e. The van der Waals surface area contributed by atoms with Crippen LogP contribution in [0.3, 0.4) is 0 Å². The summed E-state index contributed by atoms with van der Waals surface area (Å²) in [7, 11) is 0. The number of rotatable bonds is 4. The van der Waals surface area contributed by atoms with E-state index >= 15 is 0 Å². The number of alkyl halides is 6. The first kappa shape index (κ1) is 26.5. The van der Waals surface area contributed by atoms with Crippen molar-refractivity contribution in [1.82, 2.24) is 5.53 Å². The lowest BCUT2D eigenvalue weighted by Gasteiger charge is -2.36. The number of halogens is 6. The van der Waals surface area contributed by atoms with Crippen LogP contribution in [0.15, 0.2) is 29.4 Å². The molecule has 0 atom stereocenters. The van der Waals surface area contributed by atoms with E-state index < -0.39 is 41.6 Å². The van der Waals surface area contributed by atoms with Gasteiger partial charge in [0, 0.05) is 18.9 Å². The molecular weight excluding hydrogens is 408 g/mol. The van der Waals surface area contributed by atoms with E-state index in [9.17, 15) is 31.1 Å². The molecule has 0 radical (unpaired) electrons. The van der Waals surface area contributed by atoms with Gasteiger partial charge in [0.2, 0.25) is 0 Å². The first-order chi connectivity index (χ1) is 13.1. The minimum absolute atomic E-state index is 0.0201. The van der Waals surface area contributed by atoms with E-state index in [0.717, 1.165) is 12.1 Å². The Morgan fingerprint density at radius 2 is 1.48 bits per heavy atom. The molecule has 13 heteroatoms. The highest BCUT2D eigenvalue weighted by Crippen LogP contribution is 2.51. The van der Waals surface area contributed by atoms with Gasteiger partial charge in [0.25, 0.3) is 0 Å². The molecule has 0 bridgehead atoms. The fourth-order valence-electron chi connectivity index (χ4n) is 2.10. The molecule has 1 amide bonds. The van der Waals surface area contributed by atoms with Crippen LogP contribution in [0.1, 0.15) is 26.3 Å². The van der Waals surface area contributed by atoms with Crippen molar-refractivity contribution in [3.05, 3.63) is 29.8 Å². The van der Waals surface area contributed by atoms with E-state index in [1.165, 1.54) is 0 Å². The SMILES string of the molecule is C=NNN.CC(C)(C)OC(=O)Nc1ccc(C(CN)(C(F)(F)F)C(F)(F)F)cc1. The zero-order chi connectivity index (χ0) is 23.1. The molecule has 7 nitrogen and oxygen atoms in total. The van der Waals surface area contributed by atoms with E-state index in [4.69, 9.17) is 10.5 Å². The number of hydrazine groups is 1. The summed E-state index contributed by atoms with van der Waals surface area (Å²) in [6.45, 7) is 6.08. The molecule has 1 aromatic rings. The monoisotopic (exact) mass is 431 g/mol. The number of anilines is 1. The van der Waals surface area contributed by atoms with Gasteiger partial charge in [0.1, 0.15) is 5.60 Å². The number of nitrogens with two attached hydrogens (primary N) is 2. The standard InChI is InChI=1S/C15H18F6N2O2.CH5N3/c1-12(2,3)25-11(24)23-10-6-4-9(5-7-10)13(8-22,14(16,17)18)15(19,20)21;1-3-4-2/h4-7H,8,22H2,1-3H3,(H,23,24);4H,1-2H2. The van der Waals surface area contributed by atoms with E-state index in [1.54, 1.807) is 20.8 Å². The van der Waals surface area contributed by atoms with Crippen LogP contribution in [-0.2, 0) is 10.2 Å². The van der Waals surface area contributed by atoms with Crippen molar-refractivity contribution in [1.29, 1.82) is 0 Å². The Kier molecular flexibility index (Phi) is 8.93. The van der Waals surface area contributed by atoms with Crippen LogP contribution in [0.2, 0.25) is 0 Å². The molecule has 0 heterocycles. The summed E-state index contributed by atoms with van der Waals surface area (Å²) in [4.78, 5) is 11.6. The second-order valence-corrected chi connectivity index (χ2v) is 6.60. The summed E-state index contributed by atoms with van der Waals surface area (Å²) < 4.78 is 83.9. The van der Waals surface area contributed by atoms with Crippen molar-refractivity contribution in [3.63, 3.8) is 0 Å². The number of nitrogens with zero attached hydrogens (tertiary/aromatic N) is 1. The van der Waals surface area contributed by atoms with E-state index in [0.29, 0.717) is 12.1 Å². The van der Waals surface area contributed by atoms with Crippen molar-refractivity contribution in [3.8, 4) is 0 Å². The molecule has 166 valence electrons. The first-order valence-corrected chi connectivity index (χ1v) is 7.91. The zero-order valence-electron chi connectivity index (χ0n) is 15.9. The maximum atomic E-state index is 13.2. The second kappa shape index (κ2) is 9.78. The van der Waals surface area contributed by atoms with Gasteiger partial charge in [-0.3, -0.25) is 5.32 Å². The molecule has 0 aliphatic heterocycles. The van der Waals surface area contributed by atoms with Gasteiger partial charge < -0.3 is 10.5 Å². The van der Waals surface area contributed by atoms with Crippen molar-refractivity contribution >= 4 is 18.5 Å². The van der Waals surface area contributed by atoms with E-state index in [1.807, 2.05) is 5.53 Å². The lowest BCUT2D eigenvalue weighted by molar-refractivity contribution is -0.299. The molecule has 0 spiro atoms. The summed E-state index contributed by atoms with van der Waals surface area (Å²) in [6.07, 6.45) is -12.2. The number of ether oxygens (including phenoxy) is 1. The third-order valence-electron chi connectivity index (χ3n) is 3.39. The fraction of sp³-hybridized carbons (Fsp3) is 0.500. The summed E-state index contributed by atoms with van der Waals surface area (Å²) in [5, 5.41) is 5.23. The number of hydrogen-bond acceptors (Lipinski definition) is 6. The minimum atomic E-state index is -5.64. The smallest absolute Gasteiger partial charge is 0.412 e. The number of carbonyl (C=O) groups is 1. The first-order valence-electron chi connectivity index (χ1n) is 7.91. The molecule has 0 saturated heterocycles. The Hall–Kier alpha value is -2.54. The van der Waals surface area contributed by atoms with Crippen molar-refractivity contribution < 1.29 is 35.9 Å². The number of hydrogen-bond donors (Lipinski definition) is 4.